The molecule has 0 aliphatic carbocycles. The van der Waals surface area contributed by atoms with Crippen molar-refractivity contribution >= 4 is 37.7 Å². The lowest BCUT2D eigenvalue weighted by Gasteiger charge is -2.02. The number of halogens is 1. The quantitative estimate of drug-likeness (QED) is 0.418. The molecule has 0 bridgehead atoms. The Morgan fingerprint density at radius 1 is 0.800 bits per heavy atom. The molecule has 0 N–H and O–H groups in total. The first-order valence-corrected chi connectivity index (χ1v) is 7.27. The van der Waals surface area contributed by atoms with Crippen molar-refractivity contribution in [3.8, 4) is 11.1 Å². The van der Waals surface area contributed by atoms with E-state index in [9.17, 15) is 0 Å². The normalized spacial score (nSPS) is 11.2. The summed E-state index contributed by atoms with van der Waals surface area (Å²) in [7, 11) is 0. The zero-order valence-corrected chi connectivity index (χ0v) is 12.2. The molecule has 0 aliphatic rings. The molecule has 0 radical (unpaired) electrons. The summed E-state index contributed by atoms with van der Waals surface area (Å²) in [6.45, 7) is 0. The smallest absolute Gasteiger partial charge is 0.135 e. The first kappa shape index (κ1) is 11.7. The second-order valence-corrected chi connectivity index (χ2v) is 5.73. The number of rotatable bonds is 1. The SMILES string of the molecule is Brc1ccc(-c2coc3ccc4ccccc4c23)cc1. The monoisotopic (exact) mass is 322 g/mol. The predicted octanol–water partition coefficient (Wildman–Crippen LogP) is 6.02. The fourth-order valence-electron chi connectivity index (χ4n) is 2.65. The fraction of sp³-hybridized carbons (Fsp3) is 0. The van der Waals surface area contributed by atoms with E-state index in [1.807, 2.05) is 12.3 Å². The molecular formula is C18H11BrO. The van der Waals surface area contributed by atoms with Crippen molar-refractivity contribution in [2.75, 3.05) is 0 Å². The van der Waals surface area contributed by atoms with Crippen molar-refractivity contribution in [3.63, 3.8) is 0 Å². The van der Waals surface area contributed by atoms with Gasteiger partial charge in [-0.2, -0.15) is 0 Å². The van der Waals surface area contributed by atoms with Crippen LogP contribution in [0.5, 0.6) is 0 Å². The first-order chi connectivity index (χ1) is 9.83. The summed E-state index contributed by atoms with van der Waals surface area (Å²) in [6.07, 6.45) is 1.85. The second kappa shape index (κ2) is 4.50. The molecule has 0 aliphatic heterocycles. The van der Waals surface area contributed by atoms with E-state index in [1.165, 1.54) is 21.7 Å². The van der Waals surface area contributed by atoms with Gasteiger partial charge in [-0.05, 0) is 34.5 Å². The number of benzene rings is 3. The number of hydrogen-bond acceptors (Lipinski definition) is 1. The summed E-state index contributed by atoms with van der Waals surface area (Å²) in [5, 5.41) is 3.65. The molecule has 0 amide bonds. The third-order valence-electron chi connectivity index (χ3n) is 3.62. The minimum atomic E-state index is 0.932. The molecule has 0 atom stereocenters. The highest BCUT2D eigenvalue weighted by molar-refractivity contribution is 9.10. The highest BCUT2D eigenvalue weighted by Gasteiger charge is 2.11. The van der Waals surface area contributed by atoms with Gasteiger partial charge in [-0.15, -0.1) is 0 Å². The Kier molecular flexibility index (Phi) is 2.64. The van der Waals surface area contributed by atoms with Crippen LogP contribution in [0.1, 0.15) is 0 Å². The van der Waals surface area contributed by atoms with Crippen LogP contribution >= 0.6 is 15.9 Å². The van der Waals surface area contributed by atoms with E-state index in [4.69, 9.17) is 4.42 Å². The molecule has 1 nitrogen and oxygen atoms in total. The minimum Gasteiger partial charge on any atom is -0.464 e. The molecule has 0 spiro atoms. The van der Waals surface area contributed by atoms with Crippen LogP contribution in [0.25, 0.3) is 32.9 Å². The zero-order valence-electron chi connectivity index (χ0n) is 10.6. The van der Waals surface area contributed by atoms with Crippen LogP contribution in [0, 0.1) is 0 Å². The average Bonchev–Trinajstić information content (AvgIpc) is 2.92. The Hall–Kier alpha value is -2.06. The van der Waals surface area contributed by atoms with Gasteiger partial charge in [0, 0.05) is 15.4 Å². The molecule has 20 heavy (non-hydrogen) atoms. The van der Waals surface area contributed by atoms with Crippen molar-refractivity contribution in [2.24, 2.45) is 0 Å². The van der Waals surface area contributed by atoms with Crippen LogP contribution in [0.4, 0.5) is 0 Å². The predicted molar refractivity (Wildman–Crippen MR) is 86.9 cm³/mol. The van der Waals surface area contributed by atoms with Gasteiger partial charge in [-0.1, -0.05) is 58.4 Å². The summed E-state index contributed by atoms with van der Waals surface area (Å²) in [5.41, 5.74) is 3.24. The lowest BCUT2D eigenvalue weighted by Crippen LogP contribution is -1.78. The third-order valence-corrected chi connectivity index (χ3v) is 4.15. The standard InChI is InChI=1S/C18H11BrO/c19-14-8-5-13(6-9-14)16-11-20-17-10-7-12-3-1-2-4-15(12)18(16)17/h1-11H. The highest BCUT2D eigenvalue weighted by atomic mass is 79.9. The lowest BCUT2D eigenvalue weighted by molar-refractivity contribution is 0.617. The number of fused-ring (bicyclic) bond motifs is 3. The summed E-state index contributed by atoms with van der Waals surface area (Å²) in [6, 6.07) is 20.9. The maximum absolute atomic E-state index is 5.73. The van der Waals surface area contributed by atoms with E-state index in [-0.39, 0.29) is 0 Å². The number of furan rings is 1. The summed E-state index contributed by atoms with van der Waals surface area (Å²) >= 11 is 3.47. The summed E-state index contributed by atoms with van der Waals surface area (Å²) in [5.74, 6) is 0. The van der Waals surface area contributed by atoms with Crippen molar-refractivity contribution < 1.29 is 4.42 Å². The zero-order chi connectivity index (χ0) is 13.5. The molecule has 0 saturated heterocycles. The molecule has 0 unspecified atom stereocenters. The molecule has 4 aromatic rings. The molecule has 3 aromatic carbocycles. The van der Waals surface area contributed by atoms with E-state index >= 15 is 0 Å². The van der Waals surface area contributed by atoms with E-state index in [0.29, 0.717) is 0 Å². The van der Waals surface area contributed by atoms with E-state index < -0.39 is 0 Å². The van der Waals surface area contributed by atoms with E-state index in [0.717, 1.165) is 15.6 Å². The Labute approximate surface area is 125 Å². The van der Waals surface area contributed by atoms with Crippen LogP contribution in [0.3, 0.4) is 0 Å². The van der Waals surface area contributed by atoms with Crippen LogP contribution in [0.2, 0.25) is 0 Å². The van der Waals surface area contributed by atoms with Gasteiger partial charge in [0.15, 0.2) is 0 Å². The van der Waals surface area contributed by atoms with Crippen molar-refractivity contribution in [1.29, 1.82) is 0 Å². The van der Waals surface area contributed by atoms with Crippen molar-refractivity contribution in [3.05, 3.63) is 71.4 Å². The van der Waals surface area contributed by atoms with Gasteiger partial charge in [-0.3, -0.25) is 0 Å². The molecule has 4 rings (SSSR count). The molecule has 0 saturated carbocycles. The van der Waals surface area contributed by atoms with Crippen molar-refractivity contribution in [1.82, 2.24) is 0 Å². The van der Waals surface area contributed by atoms with Crippen LogP contribution in [-0.4, -0.2) is 0 Å². The second-order valence-electron chi connectivity index (χ2n) is 4.82. The van der Waals surface area contributed by atoms with Crippen LogP contribution in [-0.2, 0) is 0 Å². The van der Waals surface area contributed by atoms with Gasteiger partial charge in [0.05, 0.1) is 6.26 Å². The molecule has 0 fully saturated rings. The van der Waals surface area contributed by atoms with Gasteiger partial charge < -0.3 is 4.42 Å². The van der Waals surface area contributed by atoms with Crippen molar-refractivity contribution in [2.45, 2.75) is 0 Å². The summed E-state index contributed by atoms with van der Waals surface area (Å²) < 4.78 is 6.81. The van der Waals surface area contributed by atoms with E-state index in [2.05, 4.69) is 70.5 Å². The molecular weight excluding hydrogens is 312 g/mol. The van der Waals surface area contributed by atoms with Gasteiger partial charge in [0.25, 0.3) is 0 Å². The maximum Gasteiger partial charge on any atom is 0.135 e. The Morgan fingerprint density at radius 2 is 1.60 bits per heavy atom. The fourth-order valence-corrected chi connectivity index (χ4v) is 2.92. The number of hydrogen-bond donors (Lipinski definition) is 0. The molecule has 2 heteroatoms. The third kappa shape index (κ3) is 1.76. The molecule has 1 heterocycles. The van der Waals surface area contributed by atoms with E-state index in [1.54, 1.807) is 0 Å². The molecule has 1 aromatic heterocycles. The average molecular weight is 323 g/mol. The van der Waals surface area contributed by atoms with Crippen LogP contribution < -0.4 is 0 Å². The van der Waals surface area contributed by atoms with Gasteiger partial charge in [0.2, 0.25) is 0 Å². The minimum absolute atomic E-state index is 0.932. The first-order valence-electron chi connectivity index (χ1n) is 6.48. The Bertz CT molecular complexity index is 904. The topological polar surface area (TPSA) is 13.1 Å². The van der Waals surface area contributed by atoms with Gasteiger partial charge >= 0.3 is 0 Å². The van der Waals surface area contributed by atoms with Gasteiger partial charge in [-0.25, -0.2) is 0 Å². The Balaban J connectivity index is 2.09. The molecule has 96 valence electrons. The lowest BCUT2D eigenvalue weighted by atomic mass is 10.00. The highest BCUT2D eigenvalue weighted by Crippen LogP contribution is 2.36. The largest absolute Gasteiger partial charge is 0.464 e. The van der Waals surface area contributed by atoms with Crippen LogP contribution in [0.15, 0.2) is 75.8 Å². The maximum atomic E-state index is 5.73. The Morgan fingerprint density at radius 3 is 2.45 bits per heavy atom. The summed E-state index contributed by atoms with van der Waals surface area (Å²) in [4.78, 5) is 0. The van der Waals surface area contributed by atoms with Gasteiger partial charge in [0.1, 0.15) is 5.58 Å².